The summed E-state index contributed by atoms with van der Waals surface area (Å²) >= 11 is 1.06. The van der Waals surface area contributed by atoms with Crippen LogP contribution >= 0.6 is 11.3 Å². The van der Waals surface area contributed by atoms with E-state index in [4.69, 9.17) is 0 Å². The lowest BCUT2D eigenvalue weighted by Gasteiger charge is -2.36. The van der Waals surface area contributed by atoms with E-state index in [1.165, 1.54) is 23.5 Å². The number of carbonyl (C=O) groups is 1. The number of benzene rings is 1. The molecule has 1 amide bonds. The van der Waals surface area contributed by atoms with Gasteiger partial charge in [-0.3, -0.25) is 9.69 Å². The molecule has 0 spiro atoms. The average Bonchev–Trinajstić information content (AvgIpc) is 3.54. The van der Waals surface area contributed by atoms with Crippen LogP contribution in [0.1, 0.15) is 47.4 Å². The van der Waals surface area contributed by atoms with Gasteiger partial charge in [0.25, 0.3) is 0 Å². The number of alkyl halides is 3. The van der Waals surface area contributed by atoms with Crippen LogP contribution in [0.25, 0.3) is 21.1 Å². The van der Waals surface area contributed by atoms with Crippen molar-refractivity contribution in [3.8, 4) is 6.07 Å². The van der Waals surface area contributed by atoms with Crippen molar-refractivity contribution in [2.45, 2.75) is 70.4 Å². The predicted molar refractivity (Wildman–Crippen MR) is 165 cm³/mol. The van der Waals surface area contributed by atoms with Gasteiger partial charge < -0.3 is 15.2 Å². The fraction of sp³-hybridized carbons (Fsp3) is 0.438. The van der Waals surface area contributed by atoms with E-state index in [2.05, 4.69) is 61.8 Å². The van der Waals surface area contributed by atoms with Gasteiger partial charge in [-0.15, -0.1) is 11.3 Å². The molecule has 1 aliphatic carbocycles. The van der Waals surface area contributed by atoms with Crippen molar-refractivity contribution in [1.29, 1.82) is 5.26 Å². The molecule has 0 radical (unpaired) electrons. The number of hydrogen-bond acceptors (Lipinski definition) is 7. The molecule has 1 saturated heterocycles. The van der Waals surface area contributed by atoms with Crippen LogP contribution in [0.3, 0.4) is 0 Å². The number of nitrogens with one attached hydrogen (secondary N) is 2. The molecular formula is C32H34F3N7OS. The predicted octanol–water partition coefficient (Wildman–Crippen LogP) is 6.09. The summed E-state index contributed by atoms with van der Waals surface area (Å²) in [5, 5.41) is 18.0. The number of carbonyl (C=O) groups excluding carboxylic acids is 1. The molecule has 2 N–H and O–H groups in total. The minimum absolute atomic E-state index is 0.145. The first-order valence-corrected chi connectivity index (χ1v) is 15.7. The summed E-state index contributed by atoms with van der Waals surface area (Å²) in [6, 6.07) is 10.5. The molecular weight excluding hydrogens is 587 g/mol. The Morgan fingerprint density at radius 3 is 2.66 bits per heavy atom. The second-order valence-corrected chi connectivity index (χ2v) is 13.0. The molecule has 1 aliphatic heterocycles. The van der Waals surface area contributed by atoms with Gasteiger partial charge in [0.05, 0.1) is 11.8 Å². The molecule has 4 aromatic rings. The van der Waals surface area contributed by atoms with E-state index in [1.807, 2.05) is 6.07 Å². The summed E-state index contributed by atoms with van der Waals surface area (Å²) in [5.74, 6) is 0.854. The normalized spacial score (nSPS) is 19.5. The number of likely N-dealkylation sites (tertiary alicyclic amines) is 1. The minimum Gasteiger partial charge on any atom is -0.367 e. The zero-order valence-electron chi connectivity index (χ0n) is 24.5. The first kappa shape index (κ1) is 30.1. The molecule has 0 atom stereocenters. The molecule has 8 nitrogen and oxygen atoms in total. The van der Waals surface area contributed by atoms with Crippen LogP contribution in [0.2, 0.25) is 0 Å². The van der Waals surface area contributed by atoms with Crippen molar-refractivity contribution in [3.05, 3.63) is 64.9 Å². The molecule has 1 aromatic carbocycles. The lowest BCUT2D eigenvalue weighted by molar-refractivity contribution is -0.126. The Morgan fingerprint density at radius 2 is 1.95 bits per heavy atom. The zero-order valence-corrected chi connectivity index (χ0v) is 25.3. The maximum atomic E-state index is 12.9. The molecule has 1 saturated carbocycles. The molecule has 44 heavy (non-hydrogen) atoms. The fourth-order valence-corrected chi connectivity index (χ4v) is 7.50. The Morgan fingerprint density at radius 1 is 1.18 bits per heavy atom. The number of rotatable bonds is 9. The highest BCUT2D eigenvalue weighted by molar-refractivity contribution is 7.18. The van der Waals surface area contributed by atoms with Gasteiger partial charge in [0.1, 0.15) is 28.7 Å². The summed E-state index contributed by atoms with van der Waals surface area (Å²) in [4.78, 5) is 23.3. The van der Waals surface area contributed by atoms with E-state index in [0.29, 0.717) is 27.6 Å². The van der Waals surface area contributed by atoms with E-state index >= 15 is 0 Å². The first-order valence-electron chi connectivity index (χ1n) is 14.8. The third kappa shape index (κ3) is 6.44. The quantitative estimate of drug-likeness (QED) is 0.220. The van der Waals surface area contributed by atoms with Gasteiger partial charge in [-0.05, 0) is 73.9 Å². The van der Waals surface area contributed by atoms with Crippen molar-refractivity contribution in [3.63, 3.8) is 0 Å². The minimum atomic E-state index is -4.26. The highest BCUT2D eigenvalue weighted by atomic mass is 32.1. The number of piperidine rings is 1. The molecule has 4 heterocycles. The van der Waals surface area contributed by atoms with E-state index < -0.39 is 12.6 Å². The van der Waals surface area contributed by atoms with Gasteiger partial charge in [-0.1, -0.05) is 12.6 Å². The topological polar surface area (TPSA) is 98.9 Å². The second kappa shape index (κ2) is 12.2. The van der Waals surface area contributed by atoms with Crippen molar-refractivity contribution in [2.75, 3.05) is 18.4 Å². The fourth-order valence-electron chi connectivity index (χ4n) is 6.48. The standard InChI is InChI=1S/C32H34F3N7OS/c1-3-29(43)39-23-10-20(11-23)16-42-24(15-36)12-26-19(2)21(4-5-28(26)42)17-41-8-6-22(7-9-41)40-30-27-13-25(14-32(33,34)35)44-31(27)38-18-37-30/h3-5,12-13,18,20,22-23H,1,6-11,14,16-17H2,2H3,(H,39,43)(H,37,38,40)/t20-,23-. The summed E-state index contributed by atoms with van der Waals surface area (Å²) in [6.07, 6.45) is 1.04. The molecule has 6 rings (SSSR count). The van der Waals surface area contributed by atoms with E-state index in [1.54, 1.807) is 6.07 Å². The van der Waals surface area contributed by atoms with Gasteiger partial charge in [0.2, 0.25) is 5.91 Å². The summed E-state index contributed by atoms with van der Waals surface area (Å²) in [7, 11) is 0. The number of fused-ring (bicyclic) bond motifs is 2. The van der Waals surface area contributed by atoms with Crippen molar-refractivity contribution in [1.82, 2.24) is 24.8 Å². The SMILES string of the molecule is C=CC(=O)N[C@H]1C[C@H](Cn2c(C#N)cc3c(C)c(CN4CCC(Nc5ncnc6sc(CC(F)(F)F)cc56)CC4)ccc32)C1. The Balaban J connectivity index is 1.07. The van der Waals surface area contributed by atoms with Gasteiger partial charge in [-0.25, -0.2) is 9.97 Å². The highest BCUT2D eigenvalue weighted by Gasteiger charge is 2.31. The number of amides is 1. The number of nitrogens with zero attached hydrogens (tertiary/aromatic N) is 5. The number of thiophene rings is 1. The Bertz CT molecular complexity index is 1740. The van der Waals surface area contributed by atoms with Crippen LogP contribution in [0, 0.1) is 24.2 Å². The molecule has 0 unspecified atom stereocenters. The Hall–Kier alpha value is -3.95. The van der Waals surface area contributed by atoms with Crippen LogP contribution in [0.4, 0.5) is 19.0 Å². The molecule has 230 valence electrons. The summed E-state index contributed by atoms with van der Waals surface area (Å²) in [5.41, 5.74) is 4.13. The zero-order chi connectivity index (χ0) is 31.0. The van der Waals surface area contributed by atoms with Crippen LogP contribution < -0.4 is 10.6 Å². The number of hydrogen-bond donors (Lipinski definition) is 2. The number of aromatic nitrogens is 3. The number of nitriles is 1. The van der Waals surface area contributed by atoms with Crippen molar-refractivity contribution >= 4 is 44.2 Å². The van der Waals surface area contributed by atoms with Crippen LogP contribution in [0.5, 0.6) is 0 Å². The molecule has 2 fully saturated rings. The molecule has 12 heteroatoms. The monoisotopic (exact) mass is 621 g/mol. The van der Waals surface area contributed by atoms with Crippen molar-refractivity contribution < 1.29 is 18.0 Å². The Kier molecular flexibility index (Phi) is 8.35. The smallest absolute Gasteiger partial charge is 0.367 e. The lowest BCUT2D eigenvalue weighted by atomic mass is 9.80. The second-order valence-electron chi connectivity index (χ2n) is 11.9. The molecule has 0 bridgehead atoms. The van der Waals surface area contributed by atoms with Crippen LogP contribution in [0.15, 0.2) is 43.2 Å². The first-order chi connectivity index (χ1) is 21.1. The van der Waals surface area contributed by atoms with Crippen molar-refractivity contribution in [2.24, 2.45) is 5.92 Å². The Labute approximate surface area is 257 Å². The van der Waals surface area contributed by atoms with Gasteiger partial charge >= 0.3 is 6.18 Å². The summed E-state index contributed by atoms with van der Waals surface area (Å²) < 4.78 is 40.8. The van der Waals surface area contributed by atoms with Gasteiger partial charge in [-0.2, -0.15) is 18.4 Å². The third-order valence-corrected chi connectivity index (χ3v) is 9.91. The summed E-state index contributed by atoms with van der Waals surface area (Å²) in [6.45, 7) is 8.94. The van der Waals surface area contributed by atoms with E-state index in [0.717, 1.165) is 74.1 Å². The van der Waals surface area contributed by atoms with Gasteiger partial charge in [0, 0.05) is 54.0 Å². The maximum Gasteiger partial charge on any atom is 0.393 e. The van der Waals surface area contributed by atoms with E-state index in [-0.39, 0.29) is 22.9 Å². The average molecular weight is 622 g/mol. The van der Waals surface area contributed by atoms with E-state index in [9.17, 15) is 23.2 Å². The van der Waals surface area contributed by atoms with Gasteiger partial charge in [0.15, 0.2) is 0 Å². The number of anilines is 1. The van der Waals surface area contributed by atoms with Crippen LogP contribution in [-0.4, -0.2) is 56.7 Å². The molecule has 2 aliphatic rings. The maximum absolute atomic E-state index is 12.9. The lowest BCUT2D eigenvalue weighted by Crippen LogP contribution is -2.44. The molecule has 3 aromatic heterocycles. The largest absolute Gasteiger partial charge is 0.393 e. The number of aryl methyl sites for hydroxylation is 1. The van der Waals surface area contributed by atoms with Crippen LogP contribution in [-0.2, 0) is 24.3 Å². The number of halogens is 3. The third-order valence-electron chi connectivity index (χ3n) is 8.87. The highest BCUT2D eigenvalue weighted by Crippen LogP contribution is 2.35.